The Morgan fingerprint density at radius 3 is 2.43 bits per heavy atom. The van der Waals surface area contributed by atoms with E-state index in [1.54, 1.807) is 0 Å². The van der Waals surface area contributed by atoms with E-state index in [1.165, 1.54) is 0 Å². The molecule has 78 valence electrons. The van der Waals surface area contributed by atoms with Gasteiger partial charge in [0.15, 0.2) is 0 Å². The largest absolute Gasteiger partial charge is 0.236 e. The summed E-state index contributed by atoms with van der Waals surface area (Å²) in [4.78, 5) is 0. The van der Waals surface area contributed by atoms with Gasteiger partial charge in [0, 0.05) is 15.2 Å². The van der Waals surface area contributed by atoms with E-state index >= 15 is 0 Å². The molecule has 0 fully saturated rings. The number of hydrogen-bond acceptors (Lipinski definition) is 2. The van der Waals surface area contributed by atoms with Crippen LogP contribution in [0, 0.1) is 13.8 Å². The highest BCUT2D eigenvalue weighted by Gasteiger charge is 2.13. The Morgan fingerprint density at radius 1 is 1.36 bits per heavy atom. The van der Waals surface area contributed by atoms with Crippen molar-refractivity contribution in [1.82, 2.24) is 0 Å². The van der Waals surface area contributed by atoms with Gasteiger partial charge in [-0.2, -0.15) is 0 Å². The second kappa shape index (κ2) is 4.21. The molecule has 1 rings (SSSR count). The van der Waals surface area contributed by atoms with Crippen molar-refractivity contribution >= 4 is 35.7 Å². The first-order valence-corrected chi connectivity index (χ1v) is 7.25. The highest BCUT2D eigenvalue weighted by molar-refractivity contribution is 9.10. The average molecular weight is 298 g/mol. The van der Waals surface area contributed by atoms with E-state index in [9.17, 15) is 8.42 Å². The van der Waals surface area contributed by atoms with Crippen molar-refractivity contribution in [1.29, 1.82) is 0 Å². The second-order valence-corrected chi connectivity index (χ2v) is 6.78. The molecule has 0 saturated carbocycles. The predicted octanol–water partition coefficient (Wildman–Crippen LogP) is 3.13. The van der Waals surface area contributed by atoms with Crippen molar-refractivity contribution in [3.63, 3.8) is 0 Å². The van der Waals surface area contributed by atoms with Crippen LogP contribution < -0.4 is 0 Å². The molecule has 0 aliphatic heterocycles. The smallest absolute Gasteiger partial charge is 0.212 e. The molecule has 0 spiro atoms. The summed E-state index contributed by atoms with van der Waals surface area (Å²) in [6.07, 6.45) is 0. The zero-order valence-electron chi connectivity index (χ0n) is 7.84. The quantitative estimate of drug-likeness (QED) is 0.786. The molecular formula is C9H10BrClO2S. The van der Waals surface area contributed by atoms with Crippen LogP contribution in [0.1, 0.15) is 16.7 Å². The Kier molecular flexibility index (Phi) is 3.61. The molecule has 0 atom stereocenters. The maximum Gasteiger partial charge on any atom is 0.236 e. The minimum atomic E-state index is -3.50. The number of hydrogen-bond donors (Lipinski definition) is 0. The lowest BCUT2D eigenvalue weighted by Gasteiger charge is -2.09. The third-order valence-electron chi connectivity index (χ3n) is 2.13. The van der Waals surface area contributed by atoms with Gasteiger partial charge in [0.2, 0.25) is 9.05 Å². The molecule has 0 aliphatic carbocycles. The zero-order chi connectivity index (χ0) is 10.9. The number of rotatable bonds is 2. The normalized spacial score (nSPS) is 11.7. The lowest BCUT2D eigenvalue weighted by Crippen LogP contribution is -2.00. The molecule has 0 saturated heterocycles. The molecule has 14 heavy (non-hydrogen) atoms. The molecule has 1 aromatic carbocycles. The van der Waals surface area contributed by atoms with Crippen molar-refractivity contribution in [2.24, 2.45) is 0 Å². The monoisotopic (exact) mass is 296 g/mol. The lowest BCUT2D eigenvalue weighted by atomic mass is 10.1. The summed E-state index contributed by atoms with van der Waals surface area (Å²) >= 11 is 3.31. The summed E-state index contributed by atoms with van der Waals surface area (Å²) in [5, 5.41) is 0. The molecule has 0 unspecified atom stereocenters. The number of aryl methyl sites for hydroxylation is 1. The Labute approximate surface area is 96.8 Å². The van der Waals surface area contributed by atoms with Gasteiger partial charge >= 0.3 is 0 Å². The molecular weight excluding hydrogens is 288 g/mol. The molecule has 5 heteroatoms. The highest BCUT2D eigenvalue weighted by atomic mass is 79.9. The fraction of sp³-hybridized carbons (Fsp3) is 0.333. The van der Waals surface area contributed by atoms with Crippen LogP contribution in [0.15, 0.2) is 16.6 Å². The van der Waals surface area contributed by atoms with Crippen LogP contribution in [0.25, 0.3) is 0 Å². The molecule has 0 heterocycles. The molecule has 0 radical (unpaired) electrons. The van der Waals surface area contributed by atoms with Gasteiger partial charge in [-0.05, 0) is 36.6 Å². The van der Waals surface area contributed by atoms with Crippen molar-refractivity contribution in [2.45, 2.75) is 19.6 Å². The molecule has 0 amide bonds. The highest BCUT2D eigenvalue weighted by Crippen LogP contribution is 2.25. The van der Waals surface area contributed by atoms with Gasteiger partial charge in [0.25, 0.3) is 0 Å². The van der Waals surface area contributed by atoms with Crippen molar-refractivity contribution in [2.75, 3.05) is 0 Å². The SMILES string of the molecule is Cc1ccc(Br)c(CS(=O)(=O)Cl)c1C. The molecule has 0 aliphatic rings. The Bertz CT molecular complexity index is 454. The van der Waals surface area contributed by atoms with Crippen LogP contribution in [0.3, 0.4) is 0 Å². The van der Waals surface area contributed by atoms with Crippen LogP contribution in [0.2, 0.25) is 0 Å². The minimum absolute atomic E-state index is 0.136. The van der Waals surface area contributed by atoms with Gasteiger partial charge < -0.3 is 0 Å². The topological polar surface area (TPSA) is 34.1 Å². The van der Waals surface area contributed by atoms with E-state index in [2.05, 4.69) is 15.9 Å². The van der Waals surface area contributed by atoms with Gasteiger partial charge in [0.05, 0.1) is 5.75 Å². The summed E-state index contributed by atoms with van der Waals surface area (Å²) in [6, 6.07) is 3.77. The van der Waals surface area contributed by atoms with Crippen LogP contribution in [-0.4, -0.2) is 8.42 Å². The van der Waals surface area contributed by atoms with Gasteiger partial charge in [-0.15, -0.1) is 0 Å². The summed E-state index contributed by atoms with van der Waals surface area (Å²) < 4.78 is 22.7. The predicted molar refractivity (Wildman–Crippen MR) is 62.1 cm³/mol. The Balaban J connectivity index is 3.27. The molecule has 1 aromatic rings. The fourth-order valence-corrected chi connectivity index (χ4v) is 2.99. The second-order valence-electron chi connectivity index (χ2n) is 3.15. The molecule has 0 bridgehead atoms. The summed E-state index contributed by atoms with van der Waals surface area (Å²) in [5.41, 5.74) is 2.76. The first-order chi connectivity index (χ1) is 6.31. The standard InChI is InChI=1S/C9H10BrClO2S/c1-6-3-4-9(10)8(7(6)2)5-14(11,12)13/h3-4H,5H2,1-2H3. The molecule has 0 N–H and O–H groups in total. The van der Waals surface area contributed by atoms with E-state index < -0.39 is 9.05 Å². The van der Waals surface area contributed by atoms with Gasteiger partial charge in [0.1, 0.15) is 0 Å². The van der Waals surface area contributed by atoms with Crippen molar-refractivity contribution in [3.8, 4) is 0 Å². The van der Waals surface area contributed by atoms with Crippen LogP contribution in [0.4, 0.5) is 0 Å². The van der Waals surface area contributed by atoms with E-state index in [1.807, 2.05) is 26.0 Å². The van der Waals surface area contributed by atoms with Crippen LogP contribution in [-0.2, 0) is 14.8 Å². The zero-order valence-corrected chi connectivity index (χ0v) is 11.0. The first-order valence-electron chi connectivity index (χ1n) is 3.98. The van der Waals surface area contributed by atoms with Crippen LogP contribution >= 0.6 is 26.6 Å². The maximum absolute atomic E-state index is 11.0. The van der Waals surface area contributed by atoms with E-state index in [0.717, 1.165) is 21.2 Å². The number of halogens is 2. The van der Waals surface area contributed by atoms with Crippen LogP contribution in [0.5, 0.6) is 0 Å². The summed E-state index contributed by atoms with van der Waals surface area (Å²) in [7, 11) is 1.72. The maximum atomic E-state index is 11.0. The fourth-order valence-electron chi connectivity index (χ4n) is 1.19. The number of benzene rings is 1. The third-order valence-corrected chi connectivity index (χ3v) is 3.83. The van der Waals surface area contributed by atoms with E-state index in [0.29, 0.717) is 0 Å². The van der Waals surface area contributed by atoms with E-state index in [4.69, 9.17) is 10.7 Å². The minimum Gasteiger partial charge on any atom is -0.212 e. The van der Waals surface area contributed by atoms with Gasteiger partial charge in [-0.3, -0.25) is 0 Å². The average Bonchev–Trinajstić information content (AvgIpc) is 2.04. The van der Waals surface area contributed by atoms with Gasteiger partial charge in [-0.1, -0.05) is 22.0 Å². The van der Waals surface area contributed by atoms with Gasteiger partial charge in [-0.25, -0.2) is 8.42 Å². The van der Waals surface area contributed by atoms with Crippen molar-refractivity contribution < 1.29 is 8.42 Å². The van der Waals surface area contributed by atoms with E-state index in [-0.39, 0.29) is 5.75 Å². The third kappa shape index (κ3) is 2.97. The Hall–Kier alpha value is -0.0600. The molecule has 0 aromatic heterocycles. The lowest BCUT2D eigenvalue weighted by molar-refractivity contribution is 0.608. The molecule has 2 nitrogen and oxygen atoms in total. The summed E-state index contributed by atoms with van der Waals surface area (Å²) in [6.45, 7) is 3.82. The first kappa shape index (κ1) is 12.0. The summed E-state index contributed by atoms with van der Waals surface area (Å²) in [5.74, 6) is -0.136. The van der Waals surface area contributed by atoms with Crippen molar-refractivity contribution in [3.05, 3.63) is 33.3 Å². The Morgan fingerprint density at radius 2 is 1.93 bits per heavy atom.